The average Bonchev–Trinajstić information content (AvgIpc) is 2.85. The van der Waals surface area contributed by atoms with Crippen LogP contribution < -0.4 is 16.0 Å². The summed E-state index contributed by atoms with van der Waals surface area (Å²) in [4.78, 5) is 22.8. The molecule has 0 unspecified atom stereocenters. The molecule has 1 aliphatic heterocycles. The van der Waals surface area contributed by atoms with Crippen LogP contribution in [-0.2, 0) is 0 Å². The Balaban J connectivity index is 1.41. The Morgan fingerprint density at radius 1 is 0.943 bits per heavy atom. The van der Waals surface area contributed by atoms with Crippen molar-refractivity contribution in [2.75, 3.05) is 23.7 Å². The third-order valence-electron chi connectivity index (χ3n) is 6.88. The smallest absolute Gasteiger partial charge is 0.167 e. The van der Waals surface area contributed by atoms with Gasteiger partial charge in [0.15, 0.2) is 17.5 Å². The van der Waals surface area contributed by atoms with Gasteiger partial charge in [0.05, 0.1) is 11.7 Å². The molecule has 35 heavy (non-hydrogen) atoms. The molecule has 0 atom stereocenters. The van der Waals surface area contributed by atoms with E-state index in [1.54, 1.807) is 12.3 Å². The lowest BCUT2D eigenvalue weighted by Crippen LogP contribution is -2.35. The number of pyridine rings is 3. The molecule has 1 saturated heterocycles. The van der Waals surface area contributed by atoms with E-state index in [4.69, 9.17) is 9.97 Å². The van der Waals surface area contributed by atoms with Gasteiger partial charge in [-0.05, 0) is 74.5 Å². The highest BCUT2D eigenvalue weighted by Crippen LogP contribution is 2.41. The first-order chi connectivity index (χ1) is 17.2. The van der Waals surface area contributed by atoms with Gasteiger partial charge in [-0.15, -0.1) is 0 Å². The molecule has 0 amide bonds. The standard InChI is InChI=1S/C26H27FN8/c27-20-5-2-9-31-25(20)34-22-13-17(6-12-30-22)24-33-21-15-29-14-19(16-3-1-4-16)23(21)26(35-24)32-18-7-10-28-11-8-18/h2,5-6,9,12-16,18,28H,1,3-4,7-8,10-11H2,(H,30,31,34)(H,32,33,35). The van der Waals surface area contributed by atoms with Gasteiger partial charge in [0.2, 0.25) is 0 Å². The molecule has 4 aromatic heterocycles. The molecule has 1 saturated carbocycles. The highest BCUT2D eigenvalue weighted by Gasteiger charge is 2.25. The van der Waals surface area contributed by atoms with Gasteiger partial charge in [-0.25, -0.2) is 24.3 Å². The quantitative estimate of drug-likeness (QED) is 0.370. The molecule has 1 aliphatic carbocycles. The van der Waals surface area contributed by atoms with E-state index in [9.17, 15) is 4.39 Å². The van der Waals surface area contributed by atoms with Crippen molar-refractivity contribution in [1.29, 1.82) is 0 Å². The Morgan fingerprint density at radius 3 is 2.63 bits per heavy atom. The Labute approximate surface area is 202 Å². The predicted molar refractivity (Wildman–Crippen MR) is 134 cm³/mol. The first kappa shape index (κ1) is 21.8. The Bertz CT molecular complexity index is 1350. The van der Waals surface area contributed by atoms with Crippen LogP contribution in [0.2, 0.25) is 0 Å². The minimum Gasteiger partial charge on any atom is -0.367 e. The van der Waals surface area contributed by atoms with E-state index in [0.29, 0.717) is 23.6 Å². The van der Waals surface area contributed by atoms with Gasteiger partial charge in [-0.3, -0.25) is 4.98 Å². The average molecular weight is 471 g/mol. The molecule has 178 valence electrons. The van der Waals surface area contributed by atoms with Crippen LogP contribution in [0.1, 0.15) is 43.6 Å². The van der Waals surface area contributed by atoms with Crippen LogP contribution >= 0.6 is 0 Å². The van der Waals surface area contributed by atoms with Gasteiger partial charge < -0.3 is 16.0 Å². The van der Waals surface area contributed by atoms with E-state index in [2.05, 4.69) is 30.9 Å². The van der Waals surface area contributed by atoms with Crippen LogP contribution in [-0.4, -0.2) is 44.1 Å². The van der Waals surface area contributed by atoms with E-state index in [1.807, 2.05) is 24.5 Å². The van der Waals surface area contributed by atoms with Crippen molar-refractivity contribution in [3.8, 4) is 11.4 Å². The molecule has 8 nitrogen and oxygen atoms in total. The van der Waals surface area contributed by atoms with Crippen LogP contribution in [0, 0.1) is 5.82 Å². The molecule has 2 fully saturated rings. The number of halogens is 1. The monoisotopic (exact) mass is 470 g/mol. The molecule has 6 rings (SSSR count). The summed E-state index contributed by atoms with van der Waals surface area (Å²) >= 11 is 0. The Morgan fingerprint density at radius 2 is 1.83 bits per heavy atom. The molecule has 0 radical (unpaired) electrons. The molecular weight excluding hydrogens is 443 g/mol. The maximum atomic E-state index is 14.1. The number of hydrogen-bond acceptors (Lipinski definition) is 8. The predicted octanol–water partition coefficient (Wildman–Crippen LogP) is 4.80. The van der Waals surface area contributed by atoms with Gasteiger partial charge in [-0.1, -0.05) is 6.42 Å². The number of nitrogens with one attached hydrogen (secondary N) is 3. The van der Waals surface area contributed by atoms with Crippen LogP contribution in [0.5, 0.6) is 0 Å². The zero-order valence-corrected chi connectivity index (χ0v) is 19.3. The molecule has 4 aromatic rings. The lowest BCUT2D eigenvalue weighted by molar-refractivity contribution is 0.421. The highest BCUT2D eigenvalue weighted by atomic mass is 19.1. The van der Waals surface area contributed by atoms with E-state index < -0.39 is 5.82 Å². The fraction of sp³-hybridized carbons (Fsp3) is 0.346. The summed E-state index contributed by atoms with van der Waals surface area (Å²) in [6.45, 7) is 1.99. The summed E-state index contributed by atoms with van der Waals surface area (Å²) in [6, 6.07) is 6.94. The summed E-state index contributed by atoms with van der Waals surface area (Å²) in [6.07, 6.45) is 12.7. The van der Waals surface area contributed by atoms with Gasteiger partial charge in [0.1, 0.15) is 11.6 Å². The molecule has 0 aromatic carbocycles. The zero-order valence-electron chi connectivity index (χ0n) is 19.3. The van der Waals surface area contributed by atoms with E-state index >= 15 is 0 Å². The maximum Gasteiger partial charge on any atom is 0.167 e. The summed E-state index contributed by atoms with van der Waals surface area (Å²) in [5.74, 6) is 2.11. The topological polar surface area (TPSA) is 101 Å². The number of hydrogen-bond donors (Lipinski definition) is 3. The van der Waals surface area contributed by atoms with Gasteiger partial charge in [-0.2, -0.15) is 0 Å². The van der Waals surface area contributed by atoms with E-state index in [1.165, 1.54) is 37.1 Å². The number of rotatable bonds is 6. The molecule has 2 aliphatic rings. The third kappa shape index (κ3) is 4.51. The van der Waals surface area contributed by atoms with E-state index in [0.717, 1.165) is 48.2 Å². The minimum atomic E-state index is -0.440. The van der Waals surface area contributed by atoms with Gasteiger partial charge in [0, 0.05) is 35.6 Å². The minimum absolute atomic E-state index is 0.124. The summed E-state index contributed by atoms with van der Waals surface area (Å²) in [5, 5.41) is 11.2. The van der Waals surface area contributed by atoms with Crippen molar-refractivity contribution in [2.24, 2.45) is 0 Å². The number of piperidine rings is 1. The zero-order chi connectivity index (χ0) is 23.6. The van der Waals surface area contributed by atoms with Crippen LogP contribution in [0.4, 0.5) is 21.8 Å². The van der Waals surface area contributed by atoms with Crippen molar-refractivity contribution < 1.29 is 4.39 Å². The van der Waals surface area contributed by atoms with Crippen LogP contribution in [0.25, 0.3) is 22.3 Å². The lowest BCUT2D eigenvalue weighted by Gasteiger charge is -2.29. The van der Waals surface area contributed by atoms with Crippen molar-refractivity contribution in [2.45, 2.75) is 44.1 Å². The van der Waals surface area contributed by atoms with Crippen LogP contribution in [0.3, 0.4) is 0 Å². The summed E-state index contributed by atoms with van der Waals surface area (Å²) in [7, 11) is 0. The van der Waals surface area contributed by atoms with Crippen molar-refractivity contribution >= 4 is 28.4 Å². The maximum absolute atomic E-state index is 14.1. The van der Waals surface area contributed by atoms with Crippen molar-refractivity contribution in [3.63, 3.8) is 0 Å². The Hall–Kier alpha value is -3.72. The first-order valence-corrected chi connectivity index (χ1v) is 12.2. The van der Waals surface area contributed by atoms with E-state index in [-0.39, 0.29) is 5.82 Å². The second-order valence-corrected chi connectivity index (χ2v) is 9.20. The molecule has 3 N–H and O–H groups in total. The van der Waals surface area contributed by atoms with Gasteiger partial charge >= 0.3 is 0 Å². The number of nitrogens with zero attached hydrogens (tertiary/aromatic N) is 5. The largest absolute Gasteiger partial charge is 0.367 e. The molecule has 0 bridgehead atoms. The second-order valence-electron chi connectivity index (χ2n) is 9.20. The normalized spacial score (nSPS) is 16.7. The molecule has 9 heteroatoms. The lowest BCUT2D eigenvalue weighted by atomic mass is 9.79. The molecule has 5 heterocycles. The van der Waals surface area contributed by atoms with Gasteiger partial charge in [0.25, 0.3) is 0 Å². The fourth-order valence-electron chi connectivity index (χ4n) is 4.77. The fourth-order valence-corrected chi connectivity index (χ4v) is 4.77. The number of anilines is 3. The number of aromatic nitrogens is 5. The molecule has 0 spiro atoms. The van der Waals surface area contributed by atoms with Crippen molar-refractivity contribution in [1.82, 2.24) is 30.2 Å². The van der Waals surface area contributed by atoms with Crippen molar-refractivity contribution in [3.05, 3.63) is 60.4 Å². The summed E-state index contributed by atoms with van der Waals surface area (Å²) < 4.78 is 14.1. The SMILES string of the molecule is Fc1cccnc1Nc1cc(-c2nc(NC3CCNCC3)c3c(C4CCC4)cncc3n2)ccn1. The van der Waals surface area contributed by atoms with Crippen LogP contribution in [0.15, 0.2) is 49.1 Å². The molecular formula is C26H27FN8. The summed E-state index contributed by atoms with van der Waals surface area (Å²) in [5.41, 5.74) is 2.85. The highest BCUT2D eigenvalue weighted by molar-refractivity contribution is 5.93. The second kappa shape index (κ2) is 9.50. The first-order valence-electron chi connectivity index (χ1n) is 12.2. The number of fused-ring (bicyclic) bond motifs is 1. The Kier molecular flexibility index (Phi) is 5.91. The third-order valence-corrected chi connectivity index (χ3v) is 6.88.